The Hall–Kier alpha value is -2.05. The summed E-state index contributed by atoms with van der Waals surface area (Å²) in [5.41, 5.74) is -0.811. The van der Waals surface area contributed by atoms with Crippen molar-refractivity contribution in [2.24, 2.45) is 5.92 Å². The molecule has 0 atom stereocenters. The molecule has 7 heteroatoms. The molecule has 0 aliphatic heterocycles. The predicted molar refractivity (Wildman–Crippen MR) is 74.4 cm³/mol. The SMILES string of the molecule is CC(C)CCN(CC(=O)O)C(=O)c1ccc(C(F)(F)F)cc1. The Bertz CT molecular complexity index is 524. The average Bonchev–Trinajstić information content (AvgIpc) is 2.41. The lowest BCUT2D eigenvalue weighted by Gasteiger charge is -2.22. The van der Waals surface area contributed by atoms with E-state index in [9.17, 15) is 22.8 Å². The fourth-order valence-electron chi connectivity index (χ4n) is 1.81. The van der Waals surface area contributed by atoms with Crippen LogP contribution in [0.3, 0.4) is 0 Å². The van der Waals surface area contributed by atoms with E-state index in [2.05, 4.69) is 0 Å². The van der Waals surface area contributed by atoms with Crippen LogP contribution in [0.15, 0.2) is 24.3 Å². The summed E-state index contributed by atoms with van der Waals surface area (Å²) in [7, 11) is 0. The zero-order valence-electron chi connectivity index (χ0n) is 12.4. The second kappa shape index (κ2) is 7.29. The van der Waals surface area contributed by atoms with E-state index >= 15 is 0 Å². The van der Waals surface area contributed by atoms with Crippen LogP contribution in [0.25, 0.3) is 0 Å². The van der Waals surface area contributed by atoms with Gasteiger partial charge < -0.3 is 10.0 Å². The van der Waals surface area contributed by atoms with Gasteiger partial charge in [0.25, 0.3) is 5.91 Å². The molecule has 0 saturated carbocycles. The number of carboxylic acid groups (broad SMARTS) is 1. The maximum Gasteiger partial charge on any atom is 0.416 e. The zero-order valence-corrected chi connectivity index (χ0v) is 12.4. The number of carboxylic acids is 1. The molecule has 1 amide bonds. The molecule has 0 heterocycles. The molecule has 22 heavy (non-hydrogen) atoms. The molecule has 0 aliphatic rings. The Morgan fingerprint density at radius 2 is 1.73 bits per heavy atom. The molecule has 0 spiro atoms. The summed E-state index contributed by atoms with van der Waals surface area (Å²) in [6.45, 7) is 3.62. The summed E-state index contributed by atoms with van der Waals surface area (Å²) < 4.78 is 37.5. The highest BCUT2D eigenvalue weighted by molar-refractivity contribution is 5.95. The Labute approximate surface area is 126 Å². The van der Waals surface area contributed by atoms with Crippen LogP contribution in [0.2, 0.25) is 0 Å². The predicted octanol–water partition coefficient (Wildman–Crippen LogP) is 3.28. The summed E-state index contributed by atoms with van der Waals surface area (Å²) in [4.78, 5) is 24.2. The molecular formula is C15H18F3NO3. The first-order valence-electron chi connectivity index (χ1n) is 6.79. The number of halogens is 3. The summed E-state index contributed by atoms with van der Waals surface area (Å²) in [5, 5.41) is 8.85. The second-order valence-corrected chi connectivity index (χ2v) is 5.38. The lowest BCUT2D eigenvalue weighted by Crippen LogP contribution is -2.37. The van der Waals surface area contributed by atoms with Gasteiger partial charge in [0.05, 0.1) is 5.56 Å². The quantitative estimate of drug-likeness (QED) is 0.876. The van der Waals surface area contributed by atoms with E-state index in [1.54, 1.807) is 0 Å². The Morgan fingerprint density at radius 3 is 2.14 bits per heavy atom. The number of alkyl halides is 3. The molecule has 1 rings (SSSR count). The molecule has 0 unspecified atom stereocenters. The number of nitrogens with zero attached hydrogens (tertiary/aromatic N) is 1. The van der Waals surface area contributed by atoms with Gasteiger partial charge in [-0.05, 0) is 36.6 Å². The molecule has 0 radical (unpaired) electrons. The van der Waals surface area contributed by atoms with E-state index in [-0.39, 0.29) is 18.0 Å². The first-order valence-corrected chi connectivity index (χ1v) is 6.79. The molecule has 0 saturated heterocycles. The van der Waals surface area contributed by atoms with Gasteiger partial charge in [-0.25, -0.2) is 0 Å². The minimum absolute atomic E-state index is 0.0398. The van der Waals surface area contributed by atoms with Crippen LogP contribution in [0.5, 0.6) is 0 Å². The molecule has 1 aromatic rings. The van der Waals surface area contributed by atoms with Crippen molar-refractivity contribution < 1.29 is 27.9 Å². The van der Waals surface area contributed by atoms with Crippen LogP contribution >= 0.6 is 0 Å². The standard InChI is InChI=1S/C15H18F3NO3/c1-10(2)7-8-19(9-13(20)21)14(22)11-3-5-12(6-4-11)15(16,17)18/h3-6,10H,7-9H2,1-2H3,(H,20,21). The van der Waals surface area contributed by atoms with Gasteiger partial charge >= 0.3 is 12.1 Å². The number of hydrogen-bond acceptors (Lipinski definition) is 2. The average molecular weight is 317 g/mol. The fraction of sp³-hybridized carbons (Fsp3) is 0.467. The molecule has 4 nitrogen and oxygen atoms in total. The Kier molecular flexibility index (Phi) is 5.96. The zero-order chi connectivity index (χ0) is 16.9. The number of benzene rings is 1. The molecule has 0 aliphatic carbocycles. The Morgan fingerprint density at radius 1 is 1.18 bits per heavy atom. The largest absolute Gasteiger partial charge is 0.480 e. The van der Waals surface area contributed by atoms with E-state index in [0.29, 0.717) is 6.42 Å². The van der Waals surface area contributed by atoms with Crippen molar-refractivity contribution >= 4 is 11.9 Å². The third-order valence-corrected chi connectivity index (χ3v) is 3.05. The van der Waals surface area contributed by atoms with Crippen molar-refractivity contribution in [3.63, 3.8) is 0 Å². The fourth-order valence-corrected chi connectivity index (χ4v) is 1.81. The van der Waals surface area contributed by atoms with Crippen molar-refractivity contribution in [2.45, 2.75) is 26.4 Å². The highest BCUT2D eigenvalue weighted by Crippen LogP contribution is 2.29. The van der Waals surface area contributed by atoms with E-state index in [1.807, 2.05) is 13.8 Å². The van der Waals surface area contributed by atoms with Crippen molar-refractivity contribution in [3.8, 4) is 0 Å². The van der Waals surface area contributed by atoms with Gasteiger partial charge in [-0.15, -0.1) is 0 Å². The van der Waals surface area contributed by atoms with Crippen molar-refractivity contribution in [1.29, 1.82) is 0 Å². The number of rotatable bonds is 6. The number of carbonyl (C=O) groups is 2. The maximum absolute atomic E-state index is 12.5. The van der Waals surface area contributed by atoms with Gasteiger partial charge in [0.15, 0.2) is 0 Å². The smallest absolute Gasteiger partial charge is 0.416 e. The molecule has 0 fully saturated rings. The van der Waals surface area contributed by atoms with Crippen molar-refractivity contribution in [3.05, 3.63) is 35.4 Å². The lowest BCUT2D eigenvalue weighted by molar-refractivity contribution is -0.138. The summed E-state index contributed by atoms with van der Waals surface area (Å²) in [6, 6.07) is 3.76. The maximum atomic E-state index is 12.5. The van der Waals surface area contributed by atoms with Crippen LogP contribution in [0.4, 0.5) is 13.2 Å². The number of aliphatic carboxylic acids is 1. The van der Waals surface area contributed by atoms with Crippen LogP contribution in [-0.2, 0) is 11.0 Å². The van der Waals surface area contributed by atoms with Gasteiger partial charge in [0.2, 0.25) is 0 Å². The van der Waals surface area contributed by atoms with Crippen molar-refractivity contribution in [1.82, 2.24) is 4.90 Å². The topological polar surface area (TPSA) is 57.6 Å². The highest BCUT2D eigenvalue weighted by atomic mass is 19.4. The third-order valence-electron chi connectivity index (χ3n) is 3.05. The monoisotopic (exact) mass is 317 g/mol. The molecule has 0 bridgehead atoms. The van der Waals surface area contributed by atoms with Gasteiger partial charge in [-0.2, -0.15) is 13.2 Å². The molecule has 122 valence electrons. The van der Waals surface area contributed by atoms with Gasteiger partial charge in [-0.3, -0.25) is 9.59 Å². The third kappa shape index (κ3) is 5.38. The Balaban J connectivity index is 2.90. The van der Waals surface area contributed by atoms with Crippen molar-refractivity contribution in [2.75, 3.05) is 13.1 Å². The van der Waals surface area contributed by atoms with E-state index < -0.39 is 30.2 Å². The first-order chi connectivity index (χ1) is 10.1. The van der Waals surface area contributed by atoms with E-state index in [0.717, 1.165) is 29.2 Å². The number of carbonyl (C=O) groups excluding carboxylic acids is 1. The number of amides is 1. The van der Waals surface area contributed by atoms with E-state index in [4.69, 9.17) is 5.11 Å². The molecular weight excluding hydrogens is 299 g/mol. The highest BCUT2D eigenvalue weighted by Gasteiger charge is 2.30. The van der Waals surface area contributed by atoms with Gasteiger partial charge in [0.1, 0.15) is 6.54 Å². The molecule has 1 aromatic carbocycles. The lowest BCUT2D eigenvalue weighted by atomic mass is 10.1. The second-order valence-electron chi connectivity index (χ2n) is 5.38. The minimum atomic E-state index is -4.47. The number of hydrogen-bond donors (Lipinski definition) is 1. The van der Waals surface area contributed by atoms with Crippen LogP contribution in [0.1, 0.15) is 36.2 Å². The van der Waals surface area contributed by atoms with Crippen LogP contribution in [-0.4, -0.2) is 35.0 Å². The summed E-state index contributed by atoms with van der Waals surface area (Å²) in [5.74, 6) is -1.47. The van der Waals surface area contributed by atoms with Gasteiger partial charge in [-0.1, -0.05) is 13.8 Å². The van der Waals surface area contributed by atoms with Crippen LogP contribution in [0, 0.1) is 5.92 Å². The summed E-state index contributed by atoms with van der Waals surface area (Å²) >= 11 is 0. The van der Waals surface area contributed by atoms with Gasteiger partial charge in [0, 0.05) is 12.1 Å². The minimum Gasteiger partial charge on any atom is -0.480 e. The first kappa shape index (κ1) is 18.0. The molecule has 0 aromatic heterocycles. The molecule has 1 N–H and O–H groups in total. The van der Waals surface area contributed by atoms with E-state index in [1.165, 1.54) is 0 Å². The normalized spacial score (nSPS) is 11.5. The van der Waals surface area contributed by atoms with Crippen LogP contribution < -0.4 is 0 Å². The summed E-state index contributed by atoms with van der Waals surface area (Å²) in [6.07, 6.45) is -3.86.